The van der Waals surface area contributed by atoms with Gasteiger partial charge in [-0.2, -0.15) is 0 Å². The van der Waals surface area contributed by atoms with Gasteiger partial charge in [0, 0.05) is 11.1 Å². The zero-order chi connectivity index (χ0) is 18.9. The van der Waals surface area contributed by atoms with Gasteiger partial charge in [0.2, 0.25) is 0 Å². The van der Waals surface area contributed by atoms with Gasteiger partial charge in [0.15, 0.2) is 0 Å². The minimum absolute atomic E-state index is 0.894. The highest BCUT2D eigenvalue weighted by Crippen LogP contribution is 2.45. The molecular formula is C27H20O. The molecule has 28 heavy (non-hydrogen) atoms. The average molecular weight is 360 g/mol. The van der Waals surface area contributed by atoms with Crippen LogP contribution in [-0.4, -0.2) is 7.11 Å². The summed E-state index contributed by atoms with van der Waals surface area (Å²) >= 11 is 0. The van der Waals surface area contributed by atoms with Crippen LogP contribution < -0.4 is 4.74 Å². The van der Waals surface area contributed by atoms with Crippen molar-refractivity contribution in [2.45, 2.75) is 0 Å². The molecule has 5 aromatic carbocycles. The van der Waals surface area contributed by atoms with Gasteiger partial charge in [-0.05, 0) is 38.7 Å². The van der Waals surface area contributed by atoms with Crippen molar-refractivity contribution in [3.63, 3.8) is 0 Å². The molecular weight excluding hydrogens is 340 g/mol. The van der Waals surface area contributed by atoms with Crippen molar-refractivity contribution in [1.82, 2.24) is 0 Å². The summed E-state index contributed by atoms with van der Waals surface area (Å²) in [6, 6.07) is 36.3. The van der Waals surface area contributed by atoms with Crippen molar-refractivity contribution in [2.24, 2.45) is 0 Å². The topological polar surface area (TPSA) is 9.23 Å². The van der Waals surface area contributed by atoms with Crippen molar-refractivity contribution in [2.75, 3.05) is 7.11 Å². The first kappa shape index (κ1) is 16.6. The summed E-state index contributed by atoms with van der Waals surface area (Å²) in [6.45, 7) is 0. The maximum Gasteiger partial charge on any atom is 0.126 e. The van der Waals surface area contributed by atoms with Gasteiger partial charge in [0.1, 0.15) is 5.75 Å². The van der Waals surface area contributed by atoms with E-state index in [1.54, 1.807) is 7.11 Å². The van der Waals surface area contributed by atoms with Crippen molar-refractivity contribution in [1.29, 1.82) is 0 Å². The highest BCUT2D eigenvalue weighted by atomic mass is 16.5. The van der Waals surface area contributed by atoms with E-state index in [2.05, 4.69) is 91.0 Å². The zero-order valence-corrected chi connectivity index (χ0v) is 15.7. The summed E-state index contributed by atoms with van der Waals surface area (Å²) in [5.74, 6) is 0.894. The molecule has 0 amide bonds. The first-order valence-electron chi connectivity index (χ1n) is 9.51. The van der Waals surface area contributed by atoms with Crippen LogP contribution in [0, 0.1) is 0 Å². The predicted octanol–water partition coefficient (Wildman–Crippen LogP) is 7.34. The van der Waals surface area contributed by atoms with E-state index >= 15 is 0 Å². The number of fused-ring (bicyclic) bond motifs is 2. The highest BCUT2D eigenvalue weighted by Gasteiger charge is 2.17. The van der Waals surface area contributed by atoms with E-state index in [0.717, 1.165) is 11.3 Å². The molecule has 0 radical (unpaired) electrons. The Morgan fingerprint density at radius 1 is 0.464 bits per heavy atom. The number of benzene rings is 5. The fourth-order valence-electron chi connectivity index (χ4n) is 4.19. The lowest BCUT2D eigenvalue weighted by molar-refractivity contribution is 0.416. The number of ether oxygens (including phenoxy) is 1. The van der Waals surface area contributed by atoms with Crippen LogP contribution in [0.15, 0.2) is 103 Å². The summed E-state index contributed by atoms with van der Waals surface area (Å²) < 4.78 is 5.71. The lowest BCUT2D eigenvalue weighted by Gasteiger charge is -2.18. The molecule has 0 bridgehead atoms. The summed E-state index contributed by atoms with van der Waals surface area (Å²) in [4.78, 5) is 0. The molecule has 0 saturated heterocycles. The standard InChI is InChI=1S/C27H20O/c1-28-25-18-10-9-17-24(25)27-22-15-7-5-13-20(22)26(19-11-3-2-4-12-19)21-14-6-8-16-23(21)27/h2-18H,1H3. The van der Waals surface area contributed by atoms with Crippen molar-refractivity contribution < 1.29 is 4.74 Å². The smallest absolute Gasteiger partial charge is 0.126 e. The Bertz CT molecular complexity index is 1230. The van der Waals surface area contributed by atoms with Gasteiger partial charge in [0.25, 0.3) is 0 Å². The second-order valence-corrected chi connectivity index (χ2v) is 6.91. The molecule has 5 rings (SSSR count). The third kappa shape index (κ3) is 2.56. The number of hydrogen-bond acceptors (Lipinski definition) is 1. The predicted molar refractivity (Wildman–Crippen MR) is 119 cm³/mol. The third-order valence-electron chi connectivity index (χ3n) is 5.37. The van der Waals surface area contributed by atoms with Crippen molar-refractivity contribution >= 4 is 21.5 Å². The molecule has 0 aromatic heterocycles. The monoisotopic (exact) mass is 360 g/mol. The molecule has 0 spiro atoms. The first-order valence-corrected chi connectivity index (χ1v) is 9.51. The fraction of sp³-hybridized carbons (Fsp3) is 0.0370. The molecule has 0 N–H and O–H groups in total. The van der Waals surface area contributed by atoms with E-state index in [9.17, 15) is 0 Å². The van der Waals surface area contributed by atoms with E-state index in [0.29, 0.717) is 0 Å². The molecule has 1 heteroatoms. The third-order valence-corrected chi connectivity index (χ3v) is 5.37. The Morgan fingerprint density at radius 2 is 0.929 bits per heavy atom. The summed E-state index contributed by atoms with van der Waals surface area (Å²) in [5.41, 5.74) is 4.87. The van der Waals surface area contributed by atoms with Gasteiger partial charge in [-0.25, -0.2) is 0 Å². The molecule has 0 atom stereocenters. The van der Waals surface area contributed by atoms with E-state index < -0.39 is 0 Å². The summed E-state index contributed by atoms with van der Waals surface area (Å²) in [5, 5.41) is 5.00. The van der Waals surface area contributed by atoms with Crippen LogP contribution in [0.25, 0.3) is 43.8 Å². The largest absolute Gasteiger partial charge is 0.496 e. The van der Waals surface area contributed by atoms with Crippen LogP contribution in [0.3, 0.4) is 0 Å². The SMILES string of the molecule is COc1ccccc1-c1c2ccccc2c(-c2ccccc2)c2ccccc12. The normalized spacial score (nSPS) is 11.0. The van der Waals surface area contributed by atoms with Gasteiger partial charge in [-0.15, -0.1) is 0 Å². The number of hydrogen-bond donors (Lipinski definition) is 0. The number of rotatable bonds is 3. The van der Waals surface area contributed by atoms with Crippen LogP contribution in [-0.2, 0) is 0 Å². The van der Waals surface area contributed by atoms with E-state index in [-0.39, 0.29) is 0 Å². The quantitative estimate of drug-likeness (QED) is 0.306. The summed E-state index contributed by atoms with van der Waals surface area (Å²) in [7, 11) is 1.74. The Kier molecular flexibility index (Phi) is 4.06. The van der Waals surface area contributed by atoms with E-state index in [1.807, 2.05) is 12.1 Å². The van der Waals surface area contributed by atoms with Gasteiger partial charge in [-0.1, -0.05) is 97.1 Å². The highest BCUT2D eigenvalue weighted by molar-refractivity contribution is 6.21. The van der Waals surface area contributed by atoms with Crippen LogP contribution in [0.4, 0.5) is 0 Å². The van der Waals surface area contributed by atoms with Crippen LogP contribution in [0.5, 0.6) is 5.75 Å². The van der Waals surface area contributed by atoms with Crippen LogP contribution >= 0.6 is 0 Å². The molecule has 0 heterocycles. The van der Waals surface area contributed by atoms with E-state index in [4.69, 9.17) is 4.74 Å². The first-order chi connectivity index (χ1) is 13.9. The second kappa shape index (κ2) is 6.86. The minimum Gasteiger partial charge on any atom is -0.496 e. The van der Waals surface area contributed by atoms with Crippen molar-refractivity contribution in [3.8, 4) is 28.0 Å². The molecule has 0 saturated carbocycles. The number of methoxy groups -OCH3 is 1. The molecule has 0 unspecified atom stereocenters. The average Bonchev–Trinajstić information content (AvgIpc) is 2.78. The second-order valence-electron chi connectivity index (χ2n) is 6.91. The molecule has 0 fully saturated rings. The Labute approximate surface area is 164 Å². The lowest BCUT2D eigenvalue weighted by Crippen LogP contribution is -1.93. The Balaban J connectivity index is 2.01. The fourth-order valence-corrected chi connectivity index (χ4v) is 4.19. The van der Waals surface area contributed by atoms with Gasteiger partial charge < -0.3 is 4.74 Å². The van der Waals surface area contributed by atoms with Gasteiger partial charge in [-0.3, -0.25) is 0 Å². The van der Waals surface area contributed by atoms with Gasteiger partial charge in [0.05, 0.1) is 7.11 Å². The van der Waals surface area contributed by atoms with Gasteiger partial charge >= 0.3 is 0 Å². The Hall–Kier alpha value is -3.58. The molecule has 1 nitrogen and oxygen atoms in total. The lowest BCUT2D eigenvalue weighted by atomic mass is 9.86. The van der Waals surface area contributed by atoms with Crippen LogP contribution in [0.1, 0.15) is 0 Å². The minimum atomic E-state index is 0.894. The Morgan fingerprint density at radius 3 is 1.50 bits per heavy atom. The molecule has 134 valence electrons. The summed E-state index contributed by atoms with van der Waals surface area (Å²) in [6.07, 6.45) is 0. The maximum atomic E-state index is 5.71. The van der Waals surface area contributed by atoms with Crippen LogP contribution in [0.2, 0.25) is 0 Å². The molecule has 5 aromatic rings. The molecule has 0 aliphatic carbocycles. The maximum absolute atomic E-state index is 5.71. The molecule has 0 aliphatic heterocycles. The van der Waals surface area contributed by atoms with Crippen molar-refractivity contribution in [3.05, 3.63) is 103 Å². The molecule has 0 aliphatic rings. The van der Waals surface area contributed by atoms with E-state index in [1.165, 1.54) is 38.2 Å². The zero-order valence-electron chi connectivity index (χ0n) is 15.7. The number of para-hydroxylation sites is 1.